The van der Waals surface area contributed by atoms with Gasteiger partial charge in [0.25, 0.3) is 0 Å². The summed E-state index contributed by atoms with van der Waals surface area (Å²) in [7, 11) is 1.42. The first-order valence-corrected chi connectivity index (χ1v) is 7.54. The largest absolute Gasteiger partial charge is 0.497 e. The summed E-state index contributed by atoms with van der Waals surface area (Å²) in [5.74, 6) is -0.683. The summed E-state index contributed by atoms with van der Waals surface area (Å²) in [4.78, 5) is 17.0. The van der Waals surface area contributed by atoms with Gasteiger partial charge in [0.2, 0.25) is 5.89 Å². The molecule has 3 rings (SSSR count). The van der Waals surface area contributed by atoms with E-state index >= 15 is 0 Å². The second-order valence-corrected chi connectivity index (χ2v) is 5.49. The predicted molar refractivity (Wildman–Crippen MR) is 81.9 cm³/mol. The molecule has 0 N–H and O–H groups in total. The second kappa shape index (κ2) is 6.62. The number of carbonyl (C=O) groups excluding carboxylic acids is 1. The van der Waals surface area contributed by atoms with Crippen molar-refractivity contribution in [2.45, 2.75) is 6.61 Å². The van der Waals surface area contributed by atoms with Gasteiger partial charge in [0.15, 0.2) is 0 Å². The highest BCUT2D eigenvalue weighted by Crippen LogP contribution is 2.24. The zero-order chi connectivity index (χ0) is 16.2. The van der Waals surface area contributed by atoms with Gasteiger partial charge in [0.1, 0.15) is 30.1 Å². The highest BCUT2D eigenvalue weighted by Gasteiger charge is 2.15. The molecule has 0 unspecified atom stereocenters. The van der Waals surface area contributed by atoms with Crippen molar-refractivity contribution in [2.24, 2.45) is 0 Å². The van der Waals surface area contributed by atoms with E-state index in [-0.39, 0.29) is 12.2 Å². The first kappa shape index (κ1) is 15.2. The number of esters is 1. The molecule has 0 amide bonds. The molecule has 7 heteroatoms. The Morgan fingerprint density at radius 3 is 2.96 bits per heavy atom. The summed E-state index contributed by atoms with van der Waals surface area (Å²) in [6.07, 6.45) is 1.41. The fraction of sp³-hybridized carbons (Fsp3) is 0.125. The quantitative estimate of drug-likeness (QED) is 0.663. The first-order valence-electron chi connectivity index (χ1n) is 6.66. The maximum absolute atomic E-state index is 13.8. The third kappa shape index (κ3) is 3.40. The molecule has 0 saturated heterocycles. The average Bonchev–Trinajstić information content (AvgIpc) is 3.23. The van der Waals surface area contributed by atoms with Crippen LogP contribution in [0.1, 0.15) is 16.1 Å². The van der Waals surface area contributed by atoms with E-state index in [4.69, 9.17) is 13.9 Å². The zero-order valence-corrected chi connectivity index (χ0v) is 12.9. The summed E-state index contributed by atoms with van der Waals surface area (Å²) < 4.78 is 29.1. The van der Waals surface area contributed by atoms with Crippen LogP contribution < -0.4 is 4.74 Å². The molecule has 0 saturated carbocycles. The molecular formula is C16H12FNO4S. The van der Waals surface area contributed by atoms with Gasteiger partial charge in [0.05, 0.1) is 17.6 Å². The van der Waals surface area contributed by atoms with Crippen LogP contribution in [-0.4, -0.2) is 18.1 Å². The van der Waals surface area contributed by atoms with E-state index in [0.717, 1.165) is 10.9 Å². The maximum atomic E-state index is 13.8. The van der Waals surface area contributed by atoms with Crippen molar-refractivity contribution in [1.82, 2.24) is 4.98 Å². The Hall–Kier alpha value is -2.67. The lowest BCUT2D eigenvalue weighted by Gasteiger charge is -2.05. The van der Waals surface area contributed by atoms with Crippen molar-refractivity contribution in [3.63, 3.8) is 0 Å². The van der Waals surface area contributed by atoms with Crippen LogP contribution in [0.25, 0.3) is 10.8 Å². The summed E-state index contributed by atoms with van der Waals surface area (Å²) in [5, 5.41) is 1.91. The number of ether oxygens (including phenoxy) is 2. The third-order valence-electron chi connectivity index (χ3n) is 3.03. The number of benzene rings is 1. The molecule has 0 atom stereocenters. The molecule has 23 heavy (non-hydrogen) atoms. The van der Waals surface area contributed by atoms with Crippen molar-refractivity contribution in [1.29, 1.82) is 0 Å². The lowest BCUT2D eigenvalue weighted by Crippen LogP contribution is -2.08. The lowest BCUT2D eigenvalue weighted by atomic mass is 10.2. The Bertz CT molecular complexity index is 813. The molecule has 0 fully saturated rings. The number of nitrogens with zero attached hydrogens (tertiary/aromatic N) is 1. The minimum atomic E-state index is -0.772. The minimum absolute atomic E-state index is 0.0980. The van der Waals surface area contributed by atoms with Crippen LogP contribution in [0.3, 0.4) is 0 Å². The van der Waals surface area contributed by atoms with E-state index in [1.54, 1.807) is 0 Å². The van der Waals surface area contributed by atoms with E-state index in [9.17, 15) is 9.18 Å². The third-order valence-corrected chi connectivity index (χ3v) is 3.89. The highest BCUT2D eigenvalue weighted by atomic mass is 32.1. The number of hydrogen-bond donors (Lipinski definition) is 0. The van der Waals surface area contributed by atoms with Gasteiger partial charge in [-0.3, -0.25) is 0 Å². The molecule has 2 heterocycles. The number of halogens is 1. The van der Waals surface area contributed by atoms with Crippen LogP contribution in [0.5, 0.6) is 5.75 Å². The van der Waals surface area contributed by atoms with E-state index in [2.05, 4.69) is 4.98 Å². The molecule has 0 radical (unpaired) electrons. The molecule has 0 aliphatic rings. The molecule has 0 bridgehead atoms. The molecule has 0 aliphatic heterocycles. The maximum Gasteiger partial charge on any atom is 0.341 e. The summed E-state index contributed by atoms with van der Waals surface area (Å²) in [6.45, 7) is -0.0980. The van der Waals surface area contributed by atoms with Crippen LogP contribution in [-0.2, 0) is 11.3 Å². The van der Waals surface area contributed by atoms with E-state index in [0.29, 0.717) is 17.3 Å². The zero-order valence-electron chi connectivity index (χ0n) is 12.1. The Labute approximate surface area is 135 Å². The van der Waals surface area contributed by atoms with Crippen LogP contribution in [0.2, 0.25) is 0 Å². The number of oxazole rings is 1. The number of methoxy groups -OCH3 is 1. The van der Waals surface area contributed by atoms with Crippen molar-refractivity contribution in [3.8, 4) is 16.5 Å². The van der Waals surface area contributed by atoms with Gasteiger partial charge < -0.3 is 13.9 Å². The molecule has 0 spiro atoms. The van der Waals surface area contributed by atoms with Gasteiger partial charge in [-0.1, -0.05) is 6.07 Å². The fourth-order valence-electron chi connectivity index (χ4n) is 1.89. The predicted octanol–water partition coefficient (Wildman–Crippen LogP) is 3.91. The van der Waals surface area contributed by atoms with Gasteiger partial charge in [-0.05, 0) is 23.6 Å². The summed E-state index contributed by atoms with van der Waals surface area (Å²) in [5.41, 5.74) is 0.295. The van der Waals surface area contributed by atoms with E-state index in [1.807, 2.05) is 17.5 Å². The monoisotopic (exact) mass is 333 g/mol. The minimum Gasteiger partial charge on any atom is -0.497 e. The van der Waals surface area contributed by atoms with Gasteiger partial charge in [-0.15, -0.1) is 11.3 Å². The summed E-state index contributed by atoms with van der Waals surface area (Å²) >= 11 is 1.49. The van der Waals surface area contributed by atoms with Crippen molar-refractivity contribution < 1.29 is 23.1 Å². The highest BCUT2D eigenvalue weighted by molar-refractivity contribution is 7.13. The molecule has 118 valence electrons. The molecular weight excluding hydrogens is 321 g/mol. The fourth-order valence-corrected chi connectivity index (χ4v) is 2.55. The number of hydrogen-bond acceptors (Lipinski definition) is 6. The van der Waals surface area contributed by atoms with Crippen molar-refractivity contribution >= 4 is 17.3 Å². The van der Waals surface area contributed by atoms with Gasteiger partial charge >= 0.3 is 5.97 Å². The van der Waals surface area contributed by atoms with E-state index < -0.39 is 11.8 Å². The first-order chi connectivity index (χ1) is 11.2. The van der Waals surface area contributed by atoms with Crippen molar-refractivity contribution in [3.05, 3.63) is 59.0 Å². The van der Waals surface area contributed by atoms with Crippen LogP contribution in [0.15, 0.2) is 46.4 Å². The molecule has 5 nitrogen and oxygen atoms in total. The Morgan fingerprint density at radius 2 is 2.26 bits per heavy atom. The lowest BCUT2D eigenvalue weighted by molar-refractivity contribution is 0.0462. The SMILES string of the molecule is COc1ccc(C(=O)OCc2coc(-c3cccs3)n2)c(F)c1. The molecule has 3 aromatic rings. The Morgan fingerprint density at radius 1 is 1.39 bits per heavy atom. The Balaban J connectivity index is 1.65. The van der Waals surface area contributed by atoms with Gasteiger partial charge in [0, 0.05) is 6.07 Å². The van der Waals surface area contributed by atoms with Crippen molar-refractivity contribution in [2.75, 3.05) is 7.11 Å². The Kier molecular flexibility index (Phi) is 4.38. The number of carbonyl (C=O) groups is 1. The normalized spacial score (nSPS) is 10.5. The summed E-state index contributed by atoms with van der Waals surface area (Å²) in [6, 6.07) is 7.69. The van der Waals surface area contributed by atoms with Crippen LogP contribution >= 0.6 is 11.3 Å². The number of aromatic nitrogens is 1. The second-order valence-electron chi connectivity index (χ2n) is 4.54. The molecule has 1 aromatic carbocycles. The van der Waals surface area contributed by atoms with Crippen LogP contribution in [0, 0.1) is 5.82 Å². The smallest absolute Gasteiger partial charge is 0.341 e. The standard InChI is InChI=1S/C16H12FNO4S/c1-20-11-4-5-12(13(17)7-11)16(19)22-9-10-8-21-15(18-10)14-3-2-6-23-14/h2-8H,9H2,1H3. The van der Waals surface area contributed by atoms with Gasteiger partial charge in [-0.25, -0.2) is 14.2 Å². The van der Waals surface area contributed by atoms with Crippen LogP contribution in [0.4, 0.5) is 4.39 Å². The molecule has 2 aromatic heterocycles. The van der Waals surface area contributed by atoms with Gasteiger partial charge in [-0.2, -0.15) is 0 Å². The number of rotatable bonds is 5. The topological polar surface area (TPSA) is 61.6 Å². The average molecular weight is 333 g/mol. The van der Waals surface area contributed by atoms with E-state index in [1.165, 1.54) is 36.8 Å². The molecule has 0 aliphatic carbocycles. The number of thiophene rings is 1.